The van der Waals surface area contributed by atoms with Crippen LogP contribution < -0.4 is 5.73 Å². The molecule has 0 fully saturated rings. The van der Waals surface area contributed by atoms with Crippen molar-refractivity contribution in [1.29, 1.82) is 0 Å². The molecule has 0 radical (unpaired) electrons. The average Bonchev–Trinajstić information content (AvgIpc) is 2.78. The fraction of sp³-hybridized carbons (Fsp3) is 0.286. The van der Waals surface area contributed by atoms with E-state index in [1.54, 1.807) is 24.4 Å². The first-order chi connectivity index (χ1) is 9.84. The summed E-state index contributed by atoms with van der Waals surface area (Å²) in [5, 5.41) is 10.4. The van der Waals surface area contributed by atoms with Crippen LogP contribution in [0.25, 0.3) is 0 Å². The molecule has 0 aliphatic carbocycles. The zero-order valence-corrected chi connectivity index (χ0v) is 13.0. The van der Waals surface area contributed by atoms with Crippen LogP contribution in [0.3, 0.4) is 0 Å². The van der Waals surface area contributed by atoms with Gasteiger partial charge in [0, 0.05) is 18.0 Å². The largest absolute Gasteiger partial charge is 0.524 e. The van der Waals surface area contributed by atoms with Gasteiger partial charge in [-0.25, -0.2) is 4.99 Å². The maximum atomic E-state index is 11.7. The first-order valence-electron chi connectivity index (χ1n) is 6.40. The van der Waals surface area contributed by atoms with E-state index in [9.17, 15) is 9.90 Å². The molecule has 0 bridgehead atoms. The Morgan fingerprint density at radius 3 is 2.57 bits per heavy atom. The Labute approximate surface area is 132 Å². The van der Waals surface area contributed by atoms with Crippen molar-refractivity contribution < 1.29 is 14.4 Å². The van der Waals surface area contributed by atoms with E-state index in [2.05, 4.69) is 4.99 Å². The molecule has 1 aliphatic rings. The number of hydrogen-bond acceptors (Lipinski definition) is 3. The van der Waals surface area contributed by atoms with Gasteiger partial charge in [0.15, 0.2) is 0 Å². The first kappa shape index (κ1) is 16.0. The van der Waals surface area contributed by atoms with Gasteiger partial charge in [0.2, 0.25) is 6.34 Å². The lowest BCUT2D eigenvalue weighted by molar-refractivity contribution is -0.715. The molecule has 1 aromatic rings. The van der Waals surface area contributed by atoms with Crippen LogP contribution in [0.4, 0.5) is 4.79 Å². The Morgan fingerprint density at radius 1 is 1.43 bits per heavy atom. The standard InChI is InChI=1S/C14H15Cl2N3O2/c1-9(17)5-10-6-19(8-18-10,14(20)21)7-11-12(15)3-2-4-13(11)16/h2-4,6,8-9H,5,7,17H2,1H3/p+1/t9-,19?/m1/s1. The number of amides is 1. The summed E-state index contributed by atoms with van der Waals surface area (Å²) in [5.74, 6) is 0. The van der Waals surface area contributed by atoms with E-state index in [1.165, 1.54) is 6.34 Å². The summed E-state index contributed by atoms with van der Waals surface area (Å²) in [5.41, 5.74) is 6.95. The molecule has 0 saturated carbocycles. The van der Waals surface area contributed by atoms with E-state index < -0.39 is 10.6 Å². The van der Waals surface area contributed by atoms with Crippen LogP contribution in [0.2, 0.25) is 10.0 Å². The van der Waals surface area contributed by atoms with E-state index in [0.29, 0.717) is 27.7 Å². The third-order valence-electron chi connectivity index (χ3n) is 3.18. The number of hydrogen-bond donors (Lipinski definition) is 2. The predicted octanol–water partition coefficient (Wildman–Crippen LogP) is 3.61. The molecule has 5 nitrogen and oxygen atoms in total. The van der Waals surface area contributed by atoms with Gasteiger partial charge in [0.05, 0.1) is 10.0 Å². The van der Waals surface area contributed by atoms with Crippen LogP contribution in [0.1, 0.15) is 18.9 Å². The van der Waals surface area contributed by atoms with Gasteiger partial charge < -0.3 is 10.8 Å². The van der Waals surface area contributed by atoms with Crippen molar-refractivity contribution in [1.82, 2.24) is 0 Å². The monoisotopic (exact) mass is 328 g/mol. The summed E-state index contributed by atoms with van der Waals surface area (Å²) in [4.78, 5) is 15.9. The van der Waals surface area contributed by atoms with Crippen molar-refractivity contribution in [2.75, 3.05) is 0 Å². The van der Waals surface area contributed by atoms with Crippen LogP contribution in [0, 0.1) is 0 Å². The topological polar surface area (TPSA) is 75.7 Å². The van der Waals surface area contributed by atoms with Crippen molar-refractivity contribution >= 4 is 35.6 Å². The van der Waals surface area contributed by atoms with Gasteiger partial charge in [-0.1, -0.05) is 29.3 Å². The minimum absolute atomic E-state index is 0.0916. The molecule has 1 heterocycles. The first-order valence-corrected chi connectivity index (χ1v) is 7.16. The molecule has 112 valence electrons. The molecule has 2 atom stereocenters. The van der Waals surface area contributed by atoms with Crippen LogP contribution in [0.15, 0.2) is 35.1 Å². The Morgan fingerprint density at radius 2 is 2.05 bits per heavy atom. The number of nitrogens with zero attached hydrogens (tertiary/aromatic N) is 2. The van der Waals surface area contributed by atoms with Crippen LogP contribution in [-0.4, -0.2) is 28.1 Å². The summed E-state index contributed by atoms with van der Waals surface area (Å²) < 4.78 is -0.467. The number of rotatable bonds is 4. The van der Waals surface area contributed by atoms with Crippen LogP contribution in [0.5, 0.6) is 0 Å². The molecule has 7 heteroatoms. The zero-order chi connectivity index (χ0) is 15.6. The summed E-state index contributed by atoms with van der Waals surface area (Å²) in [7, 11) is 0. The molecular weight excluding hydrogens is 313 g/mol. The fourth-order valence-electron chi connectivity index (χ4n) is 2.15. The molecule has 3 N–H and O–H groups in total. The second-order valence-corrected chi connectivity index (χ2v) is 5.93. The lowest BCUT2D eigenvalue weighted by atomic mass is 10.2. The van der Waals surface area contributed by atoms with Gasteiger partial charge in [-0.3, -0.25) is 0 Å². The van der Waals surface area contributed by atoms with Gasteiger partial charge in [-0.2, -0.15) is 4.79 Å². The maximum Gasteiger partial charge on any atom is 0.524 e. The van der Waals surface area contributed by atoms with Crippen molar-refractivity contribution in [3.63, 3.8) is 0 Å². The predicted molar refractivity (Wildman–Crippen MR) is 83.3 cm³/mol. The van der Waals surface area contributed by atoms with Crippen molar-refractivity contribution in [2.24, 2.45) is 10.7 Å². The number of quaternary nitrogens is 1. The summed E-state index contributed by atoms with van der Waals surface area (Å²) in [6, 6.07) is 4.99. The molecule has 1 aromatic carbocycles. The molecule has 0 saturated heterocycles. The smallest absolute Gasteiger partial charge is 0.435 e. The average molecular weight is 329 g/mol. The molecule has 0 spiro atoms. The van der Waals surface area contributed by atoms with Crippen LogP contribution >= 0.6 is 23.2 Å². The van der Waals surface area contributed by atoms with Gasteiger partial charge in [0.25, 0.3) is 0 Å². The number of benzene rings is 1. The minimum Gasteiger partial charge on any atom is -0.435 e. The second-order valence-electron chi connectivity index (χ2n) is 5.12. The Bertz CT molecular complexity index is 608. The minimum atomic E-state index is -1.05. The zero-order valence-electron chi connectivity index (χ0n) is 11.5. The lowest BCUT2D eigenvalue weighted by Crippen LogP contribution is -2.44. The highest BCUT2D eigenvalue weighted by Crippen LogP contribution is 2.31. The van der Waals surface area contributed by atoms with E-state index in [1.807, 2.05) is 6.92 Å². The molecule has 2 rings (SSSR count). The third kappa shape index (κ3) is 3.44. The quantitative estimate of drug-likeness (QED) is 0.829. The van der Waals surface area contributed by atoms with Gasteiger partial charge in [-0.05, 0) is 19.1 Å². The molecule has 21 heavy (non-hydrogen) atoms. The van der Waals surface area contributed by atoms with E-state index in [-0.39, 0.29) is 12.6 Å². The van der Waals surface area contributed by atoms with Gasteiger partial charge in [0.1, 0.15) is 18.4 Å². The summed E-state index contributed by atoms with van der Waals surface area (Å²) >= 11 is 12.2. The van der Waals surface area contributed by atoms with E-state index in [4.69, 9.17) is 28.9 Å². The summed E-state index contributed by atoms with van der Waals surface area (Å²) in [6.07, 6.45) is 2.42. The SMILES string of the molecule is C[C@@H](N)CC1=C[N+](Cc2c(Cl)cccc2Cl)(C(=O)O)C=N1. The maximum absolute atomic E-state index is 11.7. The lowest BCUT2D eigenvalue weighted by Gasteiger charge is -2.21. The van der Waals surface area contributed by atoms with Gasteiger partial charge in [-0.15, -0.1) is 4.48 Å². The molecule has 1 unspecified atom stereocenters. The molecule has 0 aromatic heterocycles. The fourth-order valence-corrected chi connectivity index (χ4v) is 2.67. The number of aliphatic imine (C=N–C) groups is 1. The highest BCUT2D eigenvalue weighted by atomic mass is 35.5. The van der Waals surface area contributed by atoms with Crippen molar-refractivity contribution in [3.05, 3.63) is 45.7 Å². The Hall–Kier alpha value is -1.40. The number of carbonyl (C=O) groups is 1. The molecular formula is C14H16Cl2N3O2+. The Balaban J connectivity index is 2.36. The Kier molecular flexibility index (Phi) is 4.68. The van der Waals surface area contributed by atoms with E-state index in [0.717, 1.165) is 0 Å². The normalized spacial score (nSPS) is 22.2. The number of halogens is 2. The van der Waals surface area contributed by atoms with Crippen LogP contribution in [-0.2, 0) is 6.54 Å². The summed E-state index contributed by atoms with van der Waals surface area (Å²) in [6.45, 7) is 1.94. The second kappa shape index (κ2) is 6.15. The number of carboxylic acid groups (broad SMARTS) is 1. The van der Waals surface area contributed by atoms with Crippen molar-refractivity contribution in [2.45, 2.75) is 25.9 Å². The van der Waals surface area contributed by atoms with Crippen molar-refractivity contribution in [3.8, 4) is 0 Å². The molecule has 1 amide bonds. The number of nitrogens with two attached hydrogens (primary N) is 1. The molecule has 1 aliphatic heterocycles. The van der Waals surface area contributed by atoms with E-state index >= 15 is 0 Å². The highest BCUT2D eigenvalue weighted by Gasteiger charge is 2.39. The third-order valence-corrected chi connectivity index (χ3v) is 3.89. The highest BCUT2D eigenvalue weighted by molar-refractivity contribution is 6.35. The van der Waals surface area contributed by atoms with Gasteiger partial charge >= 0.3 is 6.09 Å².